The van der Waals surface area contributed by atoms with Gasteiger partial charge < -0.3 is 10.2 Å². The third-order valence-electron chi connectivity index (χ3n) is 3.70. The van der Waals surface area contributed by atoms with Crippen LogP contribution in [0.15, 0.2) is 36.4 Å². The van der Waals surface area contributed by atoms with Crippen molar-refractivity contribution in [2.45, 2.75) is 12.4 Å². The lowest BCUT2D eigenvalue weighted by molar-refractivity contribution is -0.384. The maximum absolute atomic E-state index is 12.2. The second kappa shape index (κ2) is 11.2. The Morgan fingerprint density at radius 2 is 1.31 bits per heavy atom. The van der Waals surface area contributed by atoms with E-state index in [1.54, 1.807) is 0 Å². The van der Waals surface area contributed by atoms with Crippen LogP contribution in [0.1, 0.15) is 0 Å². The Bertz CT molecular complexity index is 1160. The summed E-state index contributed by atoms with van der Waals surface area (Å²) >= 11 is 11.0. The van der Waals surface area contributed by atoms with Gasteiger partial charge in [-0.1, -0.05) is 23.2 Å². The third kappa shape index (κ3) is 8.25. The zero-order chi connectivity index (χ0) is 27.3. The Kier molecular flexibility index (Phi) is 9.38. The first-order valence-electron chi connectivity index (χ1n) is 8.47. The second-order valence-corrected chi connectivity index (χ2v) is 7.00. The topological polar surface area (TPSA) is 136 Å². The Labute approximate surface area is 200 Å². The predicted octanol–water partition coefficient (Wildman–Crippen LogP) is 5.52. The van der Waals surface area contributed by atoms with Crippen molar-refractivity contribution in [2.75, 3.05) is 17.3 Å². The highest BCUT2D eigenvalue weighted by atomic mass is 35.5. The molecule has 0 heterocycles. The standard InChI is InChI=1S/C9H6ClF3N2O3.C8H4ClF3N2O3/c1-14(8(16)9(11,12)13)7-4-5(10)2-3-6(7)15(17)18;9-4-1-2-6(14(16)17)5(3-4)13-7(15)8(10,11)12/h2-4H,1H3;1-3H,(H,13,15). The number of nitro benzene ring substituents is 2. The lowest BCUT2D eigenvalue weighted by atomic mass is 10.2. The third-order valence-corrected chi connectivity index (χ3v) is 4.17. The van der Waals surface area contributed by atoms with Gasteiger partial charge in [-0.15, -0.1) is 0 Å². The number of halogens is 8. The maximum atomic E-state index is 12.2. The number of hydrogen-bond acceptors (Lipinski definition) is 6. The van der Waals surface area contributed by atoms with Gasteiger partial charge in [0.15, 0.2) is 0 Å². The largest absolute Gasteiger partial charge is 0.471 e. The van der Waals surface area contributed by atoms with Crippen molar-refractivity contribution in [1.29, 1.82) is 0 Å². The van der Waals surface area contributed by atoms with Gasteiger partial charge in [-0.25, -0.2) is 0 Å². The molecule has 0 bridgehead atoms. The van der Waals surface area contributed by atoms with Gasteiger partial charge in [-0.05, 0) is 24.3 Å². The molecule has 0 saturated carbocycles. The molecule has 0 aliphatic rings. The van der Waals surface area contributed by atoms with E-state index < -0.39 is 56.8 Å². The molecule has 0 unspecified atom stereocenters. The van der Waals surface area contributed by atoms with Crippen LogP contribution >= 0.6 is 23.2 Å². The summed E-state index contributed by atoms with van der Waals surface area (Å²) in [5, 5.41) is 22.5. The molecule has 0 radical (unpaired) electrons. The van der Waals surface area contributed by atoms with Crippen molar-refractivity contribution >= 4 is 57.8 Å². The van der Waals surface area contributed by atoms with E-state index in [0.29, 0.717) is 0 Å². The van der Waals surface area contributed by atoms with Crippen molar-refractivity contribution < 1.29 is 45.8 Å². The number of benzene rings is 2. The summed E-state index contributed by atoms with van der Waals surface area (Å²) in [5.74, 6) is -4.52. The molecule has 2 rings (SSSR count). The highest BCUT2D eigenvalue weighted by Gasteiger charge is 2.43. The quantitative estimate of drug-likeness (QED) is 0.302. The Morgan fingerprint density at radius 1 is 0.857 bits per heavy atom. The highest BCUT2D eigenvalue weighted by molar-refractivity contribution is 6.31. The number of nitrogens with one attached hydrogen (secondary N) is 1. The highest BCUT2D eigenvalue weighted by Crippen LogP contribution is 2.33. The monoisotopic (exact) mass is 550 g/mol. The number of nitrogens with zero attached hydrogens (tertiary/aromatic N) is 3. The average Bonchev–Trinajstić information content (AvgIpc) is 2.71. The first kappa shape index (κ1) is 29.4. The minimum Gasteiger partial charge on any atom is -0.312 e. The van der Waals surface area contributed by atoms with E-state index in [-0.39, 0.29) is 14.9 Å². The first-order chi connectivity index (χ1) is 15.9. The number of nitro groups is 2. The summed E-state index contributed by atoms with van der Waals surface area (Å²) in [6.45, 7) is 0. The number of alkyl halides is 6. The minimum atomic E-state index is -5.13. The van der Waals surface area contributed by atoms with Crippen LogP contribution in [-0.4, -0.2) is 41.1 Å². The van der Waals surface area contributed by atoms with Gasteiger partial charge >= 0.3 is 24.2 Å². The van der Waals surface area contributed by atoms with Crippen LogP contribution in [0, 0.1) is 20.2 Å². The molecule has 0 aliphatic heterocycles. The van der Waals surface area contributed by atoms with Crippen LogP contribution in [0.25, 0.3) is 0 Å². The van der Waals surface area contributed by atoms with E-state index in [9.17, 15) is 56.2 Å². The van der Waals surface area contributed by atoms with E-state index in [4.69, 9.17) is 23.2 Å². The fourth-order valence-corrected chi connectivity index (χ4v) is 2.52. The number of hydrogen-bond donors (Lipinski definition) is 1. The number of amides is 2. The van der Waals surface area contributed by atoms with Crippen molar-refractivity contribution in [3.8, 4) is 0 Å². The molecule has 0 aliphatic carbocycles. The number of carbonyl (C=O) groups is 2. The number of rotatable bonds is 4. The molecular weight excluding hydrogens is 541 g/mol. The zero-order valence-corrected chi connectivity index (χ0v) is 18.3. The summed E-state index contributed by atoms with van der Waals surface area (Å²) in [5.41, 5.74) is -2.44. The van der Waals surface area contributed by atoms with E-state index >= 15 is 0 Å². The normalized spacial score (nSPS) is 11.1. The molecular formula is C17H10Cl2F6N4O6. The SMILES string of the molecule is CN(C(=O)C(F)(F)F)c1cc(Cl)ccc1[N+](=O)[O-].O=C(Nc1cc(Cl)ccc1[N+](=O)[O-])C(F)(F)F. The molecule has 18 heteroatoms. The van der Waals surface area contributed by atoms with E-state index in [0.717, 1.165) is 43.4 Å². The summed E-state index contributed by atoms with van der Waals surface area (Å²) in [7, 11) is 0.786. The summed E-state index contributed by atoms with van der Waals surface area (Å²) in [6, 6.07) is 5.89. The molecule has 190 valence electrons. The Morgan fingerprint density at radius 3 is 1.74 bits per heavy atom. The van der Waals surface area contributed by atoms with Crippen LogP contribution in [0.2, 0.25) is 10.0 Å². The molecule has 0 spiro atoms. The Balaban J connectivity index is 0.000000351. The van der Waals surface area contributed by atoms with Crippen molar-refractivity contribution in [1.82, 2.24) is 0 Å². The molecule has 1 N–H and O–H groups in total. The van der Waals surface area contributed by atoms with E-state index in [2.05, 4.69) is 0 Å². The van der Waals surface area contributed by atoms with Crippen LogP contribution in [-0.2, 0) is 9.59 Å². The van der Waals surface area contributed by atoms with Crippen molar-refractivity contribution in [3.63, 3.8) is 0 Å². The predicted molar refractivity (Wildman–Crippen MR) is 110 cm³/mol. The molecule has 10 nitrogen and oxygen atoms in total. The maximum Gasteiger partial charge on any atom is 0.471 e. The van der Waals surface area contributed by atoms with Gasteiger partial charge in [0.1, 0.15) is 11.4 Å². The summed E-state index contributed by atoms with van der Waals surface area (Å²) in [6.07, 6.45) is -10.2. The summed E-state index contributed by atoms with van der Waals surface area (Å²) < 4.78 is 72.5. The first-order valence-corrected chi connectivity index (χ1v) is 9.22. The molecule has 2 amide bonds. The fraction of sp³-hybridized carbons (Fsp3) is 0.176. The lowest BCUT2D eigenvalue weighted by Gasteiger charge is -2.18. The second-order valence-electron chi connectivity index (χ2n) is 6.12. The number of carbonyl (C=O) groups excluding carboxylic acids is 2. The van der Waals surface area contributed by atoms with Gasteiger partial charge in [0.25, 0.3) is 11.4 Å². The van der Waals surface area contributed by atoms with Crippen LogP contribution in [0.5, 0.6) is 0 Å². The lowest BCUT2D eigenvalue weighted by Crippen LogP contribution is -2.38. The fourth-order valence-electron chi connectivity index (χ4n) is 2.18. The van der Waals surface area contributed by atoms with E-state index in [1.807, 2.05) is 0 Å². The molecule has 2 aromatic carbocycles. The molecule has 2 aromatic rings. The van der Waals surface area contributed by atoms with Crippen LogP contribution < -0.4 is 10.2 Å². The molecule has 0 aromatic heterocycles. The minimum absolute atomic E-state index is 0.0163. The van der Waals surface area contributed by atoms with Crippen LogP contribution in [0.3, 0.4) is 0 Å². The van der Waals surface area contributed by atoms with Gasteiger partial charge in [0.2, 0.25) is 0 Å². The van der Waals surface area contributed by atoms with Gasteiger partial charge in [0.05, 0.1) is 9.85 Å². The average molecular weight is 551 g/mol. The molecule has 0 fully saturated rings. The van der Waals surface area contributed by atoms with E-state index in [1.165, 1.54) is 5.32 Å². The van der Waals surface area contributed by atoms with Gasteiger partial charge in [-0.3, -0.25) is 29.8 Å². The van der Waals surface area contributed by atoms with Gasteiger partial charge in [-0.2, -0.15) is 26.3 Å². The van der Waals surface area contributed by atoms with Crippen molar-refractivity contribution in [2.24, 2.45) is 0 Å². The molecule has 35 heavy (non-hydrogen) atoms. The summed E-state index contributed by atoms with van der Waals surface area (Å²) in [4.78, 5) is 41.1. The zero-order valence-electron chi connectivity index (χ0n) is 16.8. The Hall–Kier alpha value is -3.66. The number of anilines is 2. The molecule has 0 atom stereocenters. The van der Waals surface area contributed by atoms with Gasteiger partial charge in [0, 0.05) is 29.2 Å². The van der Waals surface area contributed by atoms with Crippen LogP contribution in [0.4, 0.5) is 49.1 Å². The smallest absolute Gasteiger partial charge is 0.312 e. The molecule has 0 saturated heterocycles. The van der Waals surface area contributed by atoms with Crippen molar-refractivity contribution in [3.05, 3.63) is 66.7 Å².